The second-order valence-electron chi connectivity index (χ2n) is 5.31. The molecule has 4 heteroatoms. The number of hydrogen-bond acceptors (Lipinski definition) is 1. The smallest absolute Gasteiger partial charge is 0.184 e. The third-order valence-corrected chi connectivity index (χ3v) is 3.94. The van der Waals surface area contributed by atoms with Crippen LogP contribution in [-0.2, 0) is 10.0 Å². The maximum absolute atomic E-state index is 13.8. The van der Waals surface area contributed by atoms with Crippen molar-refractivity contribution in [1.82, 2.24) is 0 Å². The monoisotopic (exact) mass is 258 g/mol. The highest BCUT2D eigenvalue weighted by atomic mass is 35.5. The summed E-state index contributed by atoms with van der Waals surface area (Å²) in [5.74, 6) is -0.247. The minimum absolute atomic E-state index is 0.247. The second kappa shape index (κ2) is 3.83. The zero-order valence-electron chi connectivity index (χ0n) is 9.81. The molecule has 1 aliphatic rings. The van der Waals surface area contributed by atoms with E-state index in [4.69, 9.17) is 16.0 Å². The van der Waals surface area contributed by atoms with Crippen LogP contribution in [0.5, 0.6) is 0 Å². The van der Waals surface area contributed by atoms with Crippen molar-refractivity contribution in [2.75, 3.05) is 0 Å². The van der Waals surface area contributed by atoms with Crippen LogP contribution in [0.15, 0.2) is 18.2 Å². The van der Waals surface area contributed by atoms with Crippen molar-refractivity contribution in [1.29, 1.82) is 0 Å². The molecule has 0 heterocycles. The van der Waals surface area contributed by atoms with Crippen LogP contribution in [0, 0.1) is 5.82 Å². The van der Waals surface area contributed by atoms with E-state index < -0.39 is 13.9 Å². The van der Waals surface area contributed by atoms with Crippen molar-refractivity contribution in [3.63, 3.8) is 0 Å². The summed E-state index contributed by atoms with van der Waals surface area (Å²) in [6, 6.07) is 4.81. The lowest BCUT2D eigenvalue weighted by Crippen LogP contribution is -2.32. The predicted octanol–water partition coefficient (Wildman–Crippen LogP) is 4.32. The normalized spacial score (nSPS) is 18.6. The molecule has 16 heavy (non-hydrogen) atoms. The van der Waals surface area contributed by atoms with E-state index >= 15 is 0 Å². The molecule has 0 bridgehead atoms. The maximum atomic E-state index is 13.8. The van der Waals surface area contributed by atoms with Crippen LogP contribution in [0.2, 0.25) is 24.7 Å². The van der Waals surface area contributed by atoms with E-state index in [1.54, 1.807) is 12.1 Å². The molecule has 1 fully saturated rings. The quantitative estimate of drug-likeness (QED) is 0.734. The number of halogens is 2. The van der Waals surface area contributed by atoms with Crippen molar-refractivity contribution < 1.29 is 8.82 Å². The van der Waals surface area contributed by atoms with Gasteiger partial charge in [-0.1, -0.05) is 17.7 Å². The molecule has 0 unspecified atom stereocenters. The van der Waals surface area contributed by atoms with Crippen LogP contribution in [0.1, 0.15) is 18.4 Å². The highest BCUT2D eigenvalue weighted by Crippen LogP contribution is 2.53. The van der Waals surface area contributed by atoms with Crippen molar-refractivity contribution in [3.8, 4) is 0 Å². The Morgan fingerprint density at radius 1 is 1.31 bits per heavy atom. The van der Waals surface area contributed by atoms with Crippen LogP contribution < -0.4 is 0 Å². The summed E-state index contributed by atoms with van der Waals surface area (Å²) in [5.41, 5.74) is 0.117. The molecule has 0 spiro atoms. The first-order valence-electron chi connectivity index (χ1n) is 5.49. The van der Waals surface area contributed by atoms with Crippen LogP contribution in [0.25, 0.3) is 0 Å². The molecule has 88 valence electrons. The molecule has 0 N–H and O–H groups in total. The Balaban J connectivity index is 2.37. The van der Waals surface area contributed by atoms with Crippen molar-refractivity contribution >= 4 is 19.9 Å². The summed E-state index contributed by atoms with van der Waals surface area (Å²) in [7, 11) is -1.68. The van der Waals surface area contributed by atoms with Gasteiger partial charge in [0.1, 0.15) is 5.82 Å². The number of hydrogen-bond donors (Lipinski definition) is 0. The zero-order valence-corrected chi connectivity index (χ0v) is 11.6. The molecule has 1 aromatic carbocycles. The van der Waals surface area contributed by atoms with E-state index in [2.05, 4.69) is 19.6 Å². The van der Waals surface area contributed by atoms with Crippen LogP contribution >= 0.6 is 11.6 Å². The lowest BCUT2D eigenvalue weighted by Gasteiger charge is -2.27. The molecule has 1 aliphatic carbocycles. The third kappa shape index (κ3) is 2.31. The molecule has 0 aromatic heterocycles. The highest BCUT2D eigenvalue weighted by molar-refractivity contribution is 6.69. The van der Waals surface area contributed by atoms with Gasteiger partial charge in [-0.3, -0.25) is 0 Å². The highest BCUT2D eigenvalue weighted by Gasteiger charge is 2.50. The van der Waals surface area contributed by atoms with E-state index in [1.807, 2.05) is 0 Å². The largest absolute Gasteiger partial charge is 0.408 e. The van der Waals surface area contributed by atoms with E-state index in [-0.39, 0.29) is 5.82 Å². The van der Waals surface area contributed by atoms with Gasteiger partial charge < -0.3 is 4.43 Å². The first-order valence-corrected chi connectivity index (χ1v) is 9.27. The Morgan fingerprint density at radius 3 is 2.38 bits per heavy atom. The molecular weight excluding hydrogens is 243 g/mol. The molecule has 0 radical (unpaired) electrons. The molecule has 0 atom stereocenters. The lowest BCUT2D eigenvalue weighted by atomic mass is 10.1. The second-order valence-corrected chi connectivity index (χ2v) is 10.1. The predicted molar refractivity (Wildman–Crippen MR) is 66.8 cm³/mol. The van der Waals surface area contributed by atoms with E-state index in [0.717, 1.165) is 12.8 Å². The van der Waals surface area contributed by atoms with Gasteiger partial charge in [0.2, 0.25) is 0 Å². The third-order valence-electron chi connectivity index (χ3n) is 2.62. The molecule has 2 rings (SSSR count). The molecule has 0 saturated heterocycles. The van der Waals surface area contributed by atoms with Gasteiger partial charge >= 0.3 is 0 Å². The van der Waals surface area contributed by atoms with Gasteiger partial charge in [0.15, 0.2) is 8.32 Å². The fourth-order valence-electron chi connectivity index (χ4n) is 2.04. The van der Waals surface area contributed by atoms with E-state index in [9.17, 15) is 4.39 Å². The Labute approximate surface area is 102 Å². The maximum Gasteiger partial charge on any atom is 0.184 e. The average Bonchev–Trinajstić information content (AvgIpc) is 2.81. The van der Waals surface area contributed by atoms with Gasteiger partial charge in [-0.15, -0.1) is 0 Å². The standard InChI is InChI=1S/C12H16ClFOSi/c1-16(2,3)15-12(7-8-12)11-9(13)5-4-6-10(11)14/h4-6H,7-8H2,1-3H3. The fourth-order valence-corrected chi connectivity index (χ4v) is 3.85. The van der Waals surface area contributed by atoms with Crippen molar-refractivity contribution in [3.05, 3.63) is 34.6 Å². The van der Waals surface area contributed by atoms with Crippen LogP contribution in [-0.4, -0.2) is 8.32 Å². The van der Waals surface area contributed by atoms with Crippen LogP contribution in [0.4, 0.5) is 4.39 Å². The van der Waals surface area contributed by atoms with Gasteiger partial charge in [-0.05, 0) is 44.6 Å². The Bertz CT molecular complexity index is 390. The summed E-state index contributed by atoms with van der Waals surface area (Å²) in [6.45, 7) is 6.34. The topological polar surface area (TPSA) is 9.23 Å². The minimum atomic E-state index is -1.68. The van der Waals surface area contributed by atoms with Crippen molar-refractivity contribution in [2.45, 2.75) is 38.1 Å². The van der Waals surface area contributed by atoms with Gasteiger partial charge in [-0.2, -0.15) is 0 Å². The van der Waals surface area contributed by atoms with Gasteiger partial charge in [-0.25, -0.2) is 4.39 Å². The summed E-state index contributed by atoms with van der Waals surface area (Å²) in [6.07, 6.45) is 1.75. The SMILES string of the molecule is C[Si](C)(C)OC1(c2c(F)cccc2Cl)CC1. The molecule has 0 amide bonds. The Hall–Kier alpha value is -0.383. The lowest BCUT2D eigenvalue weighted by molar-refractivity contribution is 0.168. The average molecular weight is 259 g/mol. The molecule has 1 aromatic rings. The van der Waals surface area contributed by atoms with Gasteiger partial charge in [0.05, 0.1) is 5.60 Å². The minimum Gasteiger partial charge on any atom is -0.408 e. The summed E-state index contributed by atoms with van der Waals surface area (Å²) in [4.78, 5) is 0. The first kappa shape index (κ1) is 12.1. The zero-order chi connectivity index (χ0) is 12.0. The molecule has 1 saturated carbocycles. The van der Waals surface area contributed by atoms with Gasteiger partial charge in [0, 0.05) is 10.6 Å². The van der Waals surface area contributed by atoms with E-state index in [1.165, 1.54) is 6.07 Å². The van der Waals surface area contributed by atoms with E-state index in [0.29, 0.717) is 10.6 Å². The number of benzene rings is 1. The molecule has 1 nitrogen and oxygen atoms in total. The Kier molecular flexibility index (Phi) is 2.89. The number of rotatable bonds is 3. The molecular formula is C12H16ClFOSi. The summed E-state index contributed by atoms with van der Waals surface area (Å²) >= 11 is 6.08. The summed E-state index contributed by atoms with van der Waals surface area (Å²) in [5, 5.41) is 0.482. The Morgan fingerprint density at radius 2 is 1.94 bits per heavy atom. The summed E-state index contributed by atoms with van der Waals surface area (Å²) < 4.78 is 19.9. The molecule has 0 aliphatic heterocycles. The van der Waals surface area contributed by atoms with Gasteiger partial charge in [0.25, 0.3) is 0 Å². The fraction of sp³-hybridized carbons (Fsp3) is 0.500. The van der Waals surface area contributed by atoms with Crippen LogP contribution in [0.3, 0.4) is 0 Å². The first-order chi connectivity index (χ1) is 7.34. The van der Waals surface area contributed by atoms with Crippen molar-refractivity contribution in [2.24, 2.45) is 0 Å².